The second kappa shape index (κ2) is 3.12. The van der Waals surface area contributed by atoms with Gasteiger partial charge in [0, 0.05) is 18.8 Å². The van der Waals surface area contributed by atoms with Crippen molar-refractivity contribution in [3.63, 3.8) is 0 Å². The molecule has 2 aliphatic rings. The largest absolute Gasteiger partial charge is 0.351 e. The molecule has 1 aliphatic heterocycles. The van der Waals surface area contributed by atoms with E-state index in [-0.39, 0.29) is 5.91 Å². The maximum Gasteiger partial charge on any atom is 0.267 e. The van der Waals surface area contributed by atoms with Crippen LogP contribution >= 0.6 is 0 Å². The van der Waals surface area contributed by atoms with Crippen molar-refractivity contribution in [2.24, 2.45) is 5.41 Å². The van der Waals surface area contributed by atoms with Crippen LogP contribution in [0, 0.1) is 5.41 Å². The molecular formula is C13H18N2O. The van der Waals surface area contributed by atoms with E-state index in [1.54, 1.807) is 0 Å². The van der Waals surface area contributed by atoms with E-state index in [4.69, 9.17) is 0 Å². The summed E-state index contributed by atoms with van der Waals surface area (Å²) in [6.45, 7) is 6.39. The summed E-state index contributed by atoms with van der Waals surface area (Å²) in [4.78, 5) is 11.8. The minimum Gasteiger partial charge on any atom is -0.351 e. The Balaban J connectivity index is 2.07. The number of carbonyl (C=O) groups excluding carboxylic acids is 1. The minimum absolute atomic E-state index is 0.102. The molecule has 0 spiro atoms. The van der Waals surface area contributed by atoms with Crippen LogP contribution in [0.25, 0.3) is 0 Å². The first-order chi connectivity index (χ1) is 7.57. The maximum atomic E-state index is 11.8. The highest BCUT2D eigenvalue weighted by molar-refractivity contribution is 5.93. The van der Waals surface area contributed by atoms with Crippen molar-refractivity contribution in [2.75, 3.05) is 6.54 Å². The Labute approximate surface area is 95.8 Å². The summed E-state index contributed by atoms with van der Waals surface area (Å²) in [5.74, 6) is 0.102. The van der Waals surface area contributed by atoms with E-state index in [0.717, 1.165) is 38.0 Å². The number of rotatable bonds is 0. The highest BCUT2D eigenvalue weighted by atomic mass is 16.1. The summed E-state index contributed by atoms with van der Waals surface area (Å²) >= 11 is 0. The van der Waals surface area contributed by atoms with Gasteiger partial charge in [0.15, 0.2) is 0 Å². The molecule has 1 amide bonds. The third-order valence-electron chi connectivity index (χ3n) is 3.69. The quantitative estimate of drug-likeness (QED) is 0.707. The molecule has 0 fully saturated rings. The molecule has 2 heterocycles. The van der Waals surface area contributed by atoms with E-state index >= 15 is 0 Å². The van der Waals surface area contributed by atoms with Gasteiger partial charge in [-0.05, 0) is 36.3 Å². The fourth-order valence-electron chi connectivity index (χ4n) is 3.01. The van der Waals surface area contributed by atoms with Gasteiger partial charge < -0.3 is 9.88 Å². The normalized spacial score (nSPS) is 22.2. The highest BCUT2D eigenvalue weighted by Crippen LogP contribution is 2.38. The molecule has 0 atom stereocenters. The first-order valence-corrected chi connectivity index (χ1v) is 6.06. The lowest BCUT2D eigenvalue weighted by atomic mass is 9.90. The van der Waals surface area contributed by atoms with Crippen LogP contribution < -0.4 is 5.32 Å². The van der Waals surface area contributed by atoms with E-state index in [9.17, 15) is 4.79 Å². The number of amides is 1. The Morgan fingerprint density at radius 1 is 1.38 bits per heavy atom. The molecule has 0 radical (unpaired) electrons. The van der Waals surface area contributed by atoms with Crippen LogP contribution in [0.3, 0.4) is 0 Å². The van der Waals surface area contributed by atoms with E-state index in [1.165, 1.54) is 11.3 Å². The first-order valence-electron chi connectivity index (χ1n) is 6.06. The fraction of sp³-hybridized carbons (Fsp3) is 0.615. The molecule has 86 valence electrons. The number of aromatic nitrogens is 1. The van der Waals surface area contributed by atoms with Crippen molar-refractivity contribution in [3.8, 4) is 0 Å². The Bertz CT molecular complexity index is 457. The van der Waals surface area contributed by atoms with Crippen LogP contribution in [-0.4, -0.2) is 17.0 Å². The highest BCUT2D eigenvalue weighted by Gasteiger charge is 2.33. The smallest absolute Gasteiger partial charge is 0.267 e. The van der Waals surface area contributed by atoms with Crippen LogP contribution in [0.5, 0.6) is 0 Å². The standard InChI is InChI=1S/C13H18N2O/c1-13(2)7-9-6-10-12(16)14-4-3-5-15(10)11(9)8-13/h6H,3-5,7-8H2,1-2H3,(H,14,16). The average Bonchev–Trinajstić information content (AvgIpc) is 2.58. The molecular weight excluding hydrogens is 200 g/mol. The predicted octanol–water partition coefficient (Wildman–Crippen LogP) is 1.75. The summed E-state index contributed by atoms with van der Waals surface area (Å²) in [6, 6.07) is 2.10. The number of fused-ring (bicyclic) bond motifs is 3. The third kappa shape index (κ3) is 1.38. The van der Waals surface area contributed by atoms with E-state index in [1.807, 2.05) is 0 Å². The SMILES string of the molecule is CC1(C)Cc2cc3n(c2C1)CCCNC3=O. The Hall–Kier alpha value is -1.25. The van der Waals surface area contributed by atoms with Gasteiger partial charge in [0.05, 0.1) is 0 Å². The number of hydrogen-bond acceptors (Lipinski definition) is 1. The molecule has 3 heteroatoms. The van der Waals surface area contributed by atoms with Gasteiger partial charge in [-0.15, -0.1) is 0 Å². The van der Waals surface area contributed by atoms with Crippen LogP contribution in [0.2, 0.25) is 0 Å². The van der Waals surface area contributed by atoms with Gasteiger partial charge >= 0.3 is 0 Å². The summed E-state index contributed by atoms with van der Waals surface area (Å²) in [7, 11) is 0. The lowest BCUT2D eigenvalue weighted by Gasteiger charge is -2.17. The van der Waals surface area contributed by atoms with Gasteiger partial charge in [-0.25, -0.2) is 0 Å². The molecule has 16 heavy (non-hydrogen) atoms. The van der Waals surface area contributed by atoms with Crippen LogP contribution in [0.1, 0.15) is 42.0 Å². The molecule has 3 rings (SSSR count). The minimum atomic E-state index is 0.102. The molecule has 0 saturated heterocycles. The monoisotopic (exact) mass is 218 g/mol. The van der Waals surface area contributed by atoms with Crippen molar-refractivity contribution < 1.29 is 4.79 Å². The molecule has 0 aromatic carbocycles. The second-order valence-corrected chi connectivity index (χ2v) is 5.78. The van der Waals surface area contributed by atoms with Crippen molar-refractivity contribution >= 4 is 5.91 Å². The lowest BCUT2D eigenvalue weighted by Crippen LogP contribution is -2.23. The van der Waals surface area contributed by atoms with Crippen molar-refractivity contribution in [1.29, 1.82) is 0 Å². The van der Waals surface area contributed by atoms with Crippen molar-refractivity contribution in [3.05, 3.63) is 23.0 Å². The predicted molar refractivity (Wildman–Crippen MR) is 62.6 cm³/mol. The molecule has 1 aromatic rings. The van der Waals surface area contributed by atoms with Crippen molar-refractivity contribution in [1.82, 2.24) is 9.88 Å². The maximum absolute atomic E-state index is 11.8. The zero-order chi connectivity index (χ0) is 11.3. The zero-order valence-electron chi connectivity index (χ0n) is 9.97. The molecule has 1 aliphatic carbocycles. The Morgan fingerprint density at radius 3 is 3.00 bits per heavy atom. The summed E-state index contributed by atoms with van der Waals surface area (Å²) in [5, 5.41) is 2.95. The second-order valence-electron chi connectivity index (χ2n) is 5.78. The molecule has 1 N–H and O–H groups in total. The number of carbonyl (C=O) groups is 1. The lowest BCUT2D eigenvalue weighted by molar-refractivity contribution is 0.0950. The average molecular weight is 218 g/mol. The van der Waals surface area contributed by atoms with Gasteiger partial charge in [0.2, 0.25) is 0 Å². The van der Waals surface area contributed by atoms with E-state index in [0.29, 0.717) is 5.41 Å². The van der Waals surface area contributed by atoms with E-state index < -0.39 is 0 Å². The van der Waals surface area contributed by atoms with Gasteiger partial charge in [-0.2, -0.15) is 0 Å². The van der Waals surface area contributed by atoms with E-state index in [2.05, 4.69) is 29.8 Å². The summed E-state index contributed by atoms with van der Waals surface area (Å²) < 4.78 is 2.24. The summed E-state index contributed by atoms with van der Waals surface area (Å²) in [6.07, 6.45) is 3.26. The Morgan fingerprint density at radius 2 is 2.19 bits per heavy atom. The van der Waals surface area contributed by atoms with Crippen molar-refractivity contribution in [2.45, 2.75) is 39.7 Å². The number of nitrogens with zero attached hydrogens (tertiary/aromatic N) is 1. The molecule has 1 aromatic heterocycles. The topological polar surface area (TPSA) is 34.0 Å². The third-order valence-corrected chi connectivity index (χ3v) is 3.69. The van der Waals surface area contributed by atoms with Crippen LogP contribution in [0.4, 0.5) is 0 Å². The zero-order valence-corrected chi connectivity index (χ0v) is 9.97. The van der Waals surface area contributed by atoms with Gasteiger partial charge in [-0.3, -0.25) is 4.79 Å². The Kier molecular flexibility index (Phi) is 1.94. The number of nitrogens with one attached hydrogen (secondary N) is 1. The fourth-order valence-corrected chi connectivity index (χ4v) is 3.01. The molecule has 0 saturated carbocycles. The van der Waals surface area contributed by atoms with Gasteiger partial charge in [0.1, 0.15) is 5.69 Å². The first kappa shape index (κ1) is 9.94. The molecule has 0 unspecified atom stereocenters. The molecule has 0 bridgehead atoms. The van der Waals surface area contributed by atoms with Crippen LogP contribution in [-0.2, 0) is 19.4 Å². The number of hydrogen-bond donors (Lipinski definition) is 1. The van der Waals surface area contributed by atoms with Gasteiger partial charge in [0.25, 0.3) is 5.91 Å². The summed E-state index contributed by atoms with van der Waals surface area (Å²) in [5.41, 5.74) is 4.03. The van der Waals surface area contributed by atoms with Gasteiger partial charge in [-0.1, -0.05) is 13.8 Å². The van der Waals surface area contributed by atoms with Crippen LogP contribution in [0.15, 0.2) is 6.07 Å². The molecule has 3 nitrogen and oxygen atoms in total.